The summed E-state index contributed by atoms with van der Waals surface area (Å²) < 4.78 is 5.35. The van der Waals surface area contributed by atoms with E-state index in [-0.39, 0.29) is 17.7 Å². The van der Waals surface area contributed by atoms with Crippen molar-refractivity contribution in [3.8, 4) is 0 Å². The largest absolute Gasteiger partial charge is 0.454 e. The SMILES string of the molecule is CC(N)c1ccc(C(=O)NCc2ccncc2)o1. The van der Waals surface area contributed by atoms with Gasteiger partial charge in [0, 0.05) is 18.9 Å². The number of carbonyl (C=O) groups is 1. The van der Waals surface area contributed by atoms with Crippen LogP contribution < -0.4 is 11.1 Å². The standard InChI is InChI=1S/C13H15N3O2/c1-9(14)11-2-3-12(18-11)13(17)16-8-10-4-6-15-7-5-10/h2-7,9H,8,14H2,1H3,(H,16,17). The Hall–Kier alpha value is -2.14. The van der Waals surface area contributed by atoms with Crippen molar-refractivity contribution in [1.29, 1.82) is 0 Å². The van der Waals surface area contributed by atoms with Gasteiger partial charge in [0.25, 0.3) is 5.91 Å². The Morgan fingerprint density at radius 3 is 2.72 bits per heavy atom. The normalized spacial score (nSPS) is 12.1. The molecule has 0 saturated carbocycles. The number of rotatable bonds is 4. The molecule has 2 heterocycles. The molecule has 0 saturated heterocycles. The molecule has 1 unspecified atom stereocenters. The lowest BCUT2D eigenvalue weighted by Crippen LogP contribution is -2.22. The molecule has 94 valence electrons. The number of nitrogens with one attached hydrogen (secondary N) is 1. The lowest BCUT2D eigenvalue weighted by Gasteiger charge is -2.03. The number of amides is 1. The predicted octanol–water partition coefficient (Wildman–Crippen LogP) is 1.62. The van der Waals surface area contributed by atoms with Gasteiger partial charge < -0.3 is 15.5 Å². The fourth-order valence-corrected chi connectivity index (χ4v) is 1.49. The van der Waals surface area contributed by atoms with Gasteiger partial charge in [0.2, 0.25) is 0 Å². The highest BCUT2D eigenvalue weighted by molar-refractivity contribution is 5.91. The van der Waals surface area contributed by atoms with E-state index in [2.05, 4.69) is 10.3 Å². The van der Waals surface area contributed by atoms with Gasteiger partial charge in [-0.3, -0.25) is 9.78 Å². The molecule has 2 aromatic heterocycles. The van der Waals surface area contributed by atoms with Crippen molar-refractivity contribution in [2.75, 3.05) is 0 Å². The van der Waals surface area contributed by atoms with Crippen molar-refractivity contribution in [1.82, 2.24) is 10.3 Å². The van der Waals surface area contributed by atoms with Crippen LogP contribution in [0.2, 0.25) is 0 Å². The van der Waals surface area contributed by atoms with Crippen molar-refractivity contribution in [3.63, 3.8) is 0 Å². The molecular formula is C13H15N3O2. The van der Waals surface area contributed by atoms with Gasteiger partial charge in [-0.2, -0.15) is 0 Å². The molecule has 0 aliphatic rings. The molecule has 0 spiro atoms. The highest BCUT2D eigenvalue weighted by Crippen LogP contribution is 2.13. The van der Waals surface area contributed by atoms with Crippen LogP contribution in [0, 0.1) is 0 Å². The van der Waals surface area contributed by atoms with E-state index in [1.165, 1.54) is 0 Å². The molecule has 2 aromatic rings. The highest BCUT2D eigenvalue weighted by atomic mass is 16.4. The van der Waals surface area contributed by atoms with Crippen LogP contribution in [0.4, 0.5) is 0 Å². The van der Waals surface area contributed by atoms with Crippen molar-refractivity contribution in [2.45, 2.75) is 19.5 Å². The fourth-order valence-electron chi connectivity index (χ4n) is 1.49. The first-order chi connectivity index (χ1) is 8.66. The topological polar surface area (TPSA) is 81.2 Å². The average molecular weight is 245 g/mol. The van der Waals surface area contributed by atoms with Gasteiger partial charge in [0.1, 0.15) is 5.76 Å². The quantitative estimate of drug-likeness (QED) is 0.857. The van der Waals surface area contributed by atoms with Crippen LogP contribution in [0.5, 0.6) is 0 Å². The number of pyridine rings is 1. The van der Waals surface area contributed by atoms with Gasteiger partial charge in [-0.05, 0) is 36.8 Å². The maximum atomic E-state index is 11.8. The molecule has 2 rings (SSSR count). The number of aromatic nitrogens is 1. The summed E-state index contributed by atoms with van der Waals surface area (Å²) in [6.07, 6.45) is 3.37. The Morgan fingerprint density at radius 2 is 2.11 bits per heavy atom. The first-order valence-electron chi connectivity index (χ1n) is 5.69. The van der Waals surface area contributed by atoms with Crippen LogP contribution in [-0.2, 0) is 6.54 Å². The molecule has 18 heavy (non-hydrogen) atoms. The first-order valence-corrected chi connectivity index (χ1v) is 5.69. The molecule has 0 bridgehead atoms. The third-order valence-corrected chi connectivity index (χ3v) is 2.50. The molecule has 5 heteroatoms. The van der Waals surface area contributed by atoms with E-state index in [1.54, 1.807) is 31.5 Å². The smallest absolute Gasteiger partial charge is 0.287 e. The Labute approximate surface area is 105 Å². The minimum atomic E-state index is -0.251. The van der Waals surface area contributed by atoms with Gasteiger partial charge in [-0.25, -0.2) is 0 Å². The number of hydrogen-bond donors (Lipinski definition) is 2. The zero-order chi connectivity index (χ0) is 13.0. The second-order valence-electron chi connectivity index (χ2n) is 4.03. The van der Waals surface area contributed by atoms with E-state index < -0.39 is 0 Å². The maximum Gasteiger partial charge on any atom is 0.287 e. The van der Waals surface area contributed by atoms with Crippen LogP contribution in [-0.4, -0.2) is 10.9 Å². The maximum absolute atomic E-state index is 11.8. The van der Waals surface area contributed by atoms with Crippen LogP contribution in [0.25, 0.3) is 0 Å². The minimum Gasteiger partial charge on any atom is -0.454 e. The van der Waals surface area contributed by atoms with Gasteiger partial charge >= 0.3 is 0 Å². The number of carbonyl (C=O) groups excluding carboxylic acids is 1. The molecule has 0 aromatic carbocycles. The lowest BCUT2D eigenvalue weighted by molar-refractivity contribution is 0.0921. The molecule has 1 amide bonds. The molecule has 3 N–H and O–H groups in total. The van der Waals surface area contributed by atoms with E-state index in [9.17, 15) is 4.79 Å². The number of nitrogens with two attached hydrogens (primary N) is 1. The van der Waals surface area contributed by atoms with E-state index in [4.69, 9.17) is 10.2 Å². The van der Waals surface area contributed by atoms with E-state index in [1.807, 2.05) is 12.1 Å². The van der Waals surface area contributed by atoms with Crippen molar-refractivity contribution < 1.29 is 9.21 Å². The number of furan rings is 1. The second-order valence-corrected chi connectivity index (χ2v) is 4.03. The van der Waals surface area contributed by atoms with Crippen LogP contribution in [0.1, 0.15) is 34.8 Å². The van der Waals surface area contributed by atoms with Crippen LogP contribution >= 0.6 is 0 Å². The van der Waals surface area contributed by atoms with E-state index in [0.29, 0.717) is 12.3 Å². The predicted molar refractivity (Wildman–Crippen MR) is 66.7 cm³/mol. The minimum absolute atomic E-state index is 0.216. The van der Waals surface area contributed by atoms with Gasteiger partial charge in [0.15, 0.2) is 5.76 Å². The van der Waals surface area contributed by atoms with Crippen molar-refractivity contribution in [3.05, 3.63) is 53.7 Å². The summed E-state index contributed by atoms with van der Waals surface area (Å²) in [5, 5.41) is 2.77. The third kappa shape index (κ3) is 2.95. The summed E-state index contributed by atoms with van der Waals surface area (Å²) in [6.45, 7) is 2.24. The molecule has 1 atom stereocenters. The molecule has 5 nitrogen and oxygen atoms in total. The van der Waals surface area contributed by atoms with Crippen LogP contribution in [0.15, 0.2) is 41.1 Å². The number of nitrogens with zero attached hydrogens (tertiary/aromatic N) is 1. The summed E-state index contributed by atoms with van der Waals surface area (Å²) in [6, 6.07) is 6.81. The molecule has 0 fully saturated rings. The van der Waals surface area contributed by atoms with Gasteiger partial charge in [-0.1, -0.05) is 0 Å². The van der Waals surface area contributed by atoms with E-state index >= 15 is 0 Å². The Balaban J connectivity index is 1.95. The lowest BCUT2D eigenvalue weighted by atomic mass is 10.2. The summed E-state index contributed by atoms with van der Waals surface area (Å²) in [7, 11) is 0. The van der Waals surface area contributed by atoms with Crippen molar-refractivity contribution >= 4 is 5.91 Å². The summed E-state index contributed by atoms with van der Waals surface area (Å²) >= 11 is 0. The molecule has 0 aliphatic heterocycles. The van der Waals surface area contributed by atoms with Crippen molar-refractivity contribution in [2.24, 2.45) is 5.73 Å². The average Bonchev–Trinajstić information content (AvgIpc) is 2.87. The number of hydrogen-bond acceptors (Lipinski definition) is 4. The summed E-state index contributed by atoms with van der Waals surface area (Å²) in [5.74, 6) is 0.624. The molecular weight excluding hydrogens is 230 g/mol. The Bertz CT molecular complexity index is 520. The first kappa shape index (κ1) is 12.3. The Morgan fingerprint density at radius 1 is 1.39 bits per heavy atom. The fraction of sp³-hybridized carbons (Fsp3) is 0.231. The zero-order valence-electron chi connectivity index (χ0n) is 10.1. The van der Waals surface area contributed by atoms with E-state index in [0.717, 1.165) is 5.56 Å². The van der Waals surface area contributed by atoms with Gasteiger partial charge in [-0.15, -0.1) is 0 Å². The Kier molecular flexibility index (Phi) is 3.74. The zero-order valence-corrected chi connectivity index (χ0v) is 10.1. The summed E-state index contributed by atoms with van der Waals surface area (Å²) in [5.41, 5.74) is 6.64. The van der Waals surface area contributed by atoms with Gasteiger partial charge in [0.05, 0.1) is 6.04 Å². The summed E-state index contributed by atoms with van der Waals surface area (Å²) in [4.78, 5) is 15.7. The highest BCUT2D eigenvalue weighted by Gasteiger charge is 2.12. The molecule has 0 aliphatic carbocycles. The monoisotopic (exact) mass is 245 g/mol. The molecule has 0 radical (unpaired) electrons. The second kappa shape index (κ2) is 5.46. The third-order valence-electron chi connectivity index (χ3n) is 2.50. The van der Waals surface area contributed by atoms with Crippen LogP contribution in [0.3, 0.4) is 0 Å².